The summed E-state index contributed by atoms with van der Waals surface area (Å²) in [7, 11) is -1.88. The van der Waals surface area contributed by atoms with Gasteiger partial charge in [0, 0.05) is 64.1 Å². The normalized spacial score (nSPS) is 16.2. The first-order valence-electron chi connectivity index (χ1n) is 19.7. The first kappa shape index (κ1) is 52.5. The minimum atomic E-state index is -3.20. The number of carbonyl (C=O) groups is 4. The maximum atomic E-state index is 14.0. The number of amides is 4. The maximum absolute atomic E-state index is 14.0. The predicted octanol–water partition coefficient (Wildman–Crippen LogP) is 1.57. The average Bonchev–Trinajstić information content (AvgIpc) is 3.21. The standard InChI is InChI=1S/C40H65N4O13P/c1-6-22-51-28-31-54-25-19-41-36(45)13-16-40(17-14-37(46)42-20-26-55-32-29-52-23-7-2,18-15-38(47)43-21-27-56-33-30-53-24-8-3)44-39(48)34-9-11-35(12-10-34)57-58(5,49)50-4/h1-3,34-35H,9-33H2,4-5H3,(H,41,45)(H,42,46)(H,43,47)(H,44,48)/t34-,35+,58?. The molecule has 0 bridgehead atoms. The van der Waals surface area contributed by atoms with E-state index in [0.29, 0.717) is 65.3 Å². The molecular formula is C40H65N4O13P. The third-order valence-electron chi connectivity index (χ3n) is 8.98. The van der Waals surface area contributed by atoms with E-state index in [-0.39, 0.29) is 128 Å². The molecule has 17 nitrogen and oxygen atoms in total. The molecule has 1 unspecified atom stereocenters. The monoisotopic (exact) mass is 840 g/mol. The fraction of sp³-hybridized carbons (Fsp3) is 0.750. The average molecular weight is 841 g/mol. The molecule has 0 heterocycles. The van der Waals surface area contributed by atoms with Gasteiger partial charge in [0.25, 0.3) is 0 Å². The lowest BCUT2D eigenvalue weighted by Gasteiger charge is -2.37. The molecule has 0 aromatic carbocycles. The van der Waals surface area contributed by atoms with Crippen LogP contribution in [0, 0.1) is 42.9 Å². The van der Waals surface area contributed by atoms with Gasteiger partial charge in [-0.15, -0.1) is 19.3 Å². The number of ether oxygens (including phenoxy) is 6. The van der Waals surface area contributed by atoms with E-state index in [1.54, 1.807) is 0 Å². The molecule has 0 aliphatic heterocycles. The largest absolute Gasteiger partial charge is 0.377 e. The zero-order chi connectivity index (χ0) is 42.7. The summed E-state index contributed by atoms with van der Waals surface area (Å²) in [6.07, 6.45) is 17.6. The smallest absolute Gasteiger partial charge is 0.327 e. The first-order chi connectivity index (χ1) is 28.0. The number of rotatable bonds is 35. The van der Waals surface area contributed by atoms with Crippen LogP contribution in [0.25, 0.3) is 0 Å². The van der Waals surface area contributed by atoms with Crippen LogP contribution in [0.4, 0.5) is 0 Å². The molecule has 18 heteroatoms. The Kier molecular flexibility index (Phi) is 30.2. The van der Waals surface area contributed by atoms with Crippen molar-refractivity contribution >= 4 is 31.2 Å². The highest BCUT2D eigenvalue weighted by atomic mass is 31.2. The molecule has 0 aromatic heterocycles. The van der Waals surface area contributed by atoms with Gasteiger partial charge in [-0.1, -0.05) is 17.8 Å². The van der Waals surface area contributed by atoms with Gasteiger partial charge < -0.3 is 58.7 Å². The van der Waals surface area contributed by atoms with Gasteiger partial charge in [-0.2, -0.15) is 0 Å². The molecule has 0 aromatic rings. The van der Waals surface area contributed by atoms with E-state index in [4.69, 9.17) is 56.7 Å². The van der Waals surface area contributed by atoms with E-state index < -0.39 is 19.1 Å². The highest BCUT2D eigenvalue weighted by Gasteiger charge is 2.37. The molecule has 1 aliphatic carbocycles. The van der Waals surface area contributed by atoms with Crippen molar-refractivity contribution in [3.63, 3.8) is 0 Å². The molecule has 1 aliphatic rings. The summed E-state index contributed by atoms with van der Waals surface area (Å²) in [5, 5.41) is 11.7. The Hall–Kier alpha value is -3.53. The van der Waals surface area contributed by atoms with E-state index in [1.807, 2.05) is 0 Å². The van der Waals surface area contributed by atoms with Crippen LogP contribution >= 0.6 is 7.60 Å². The van der Waals surface area contributed by atoms with Crippen molar-refractivity contribution in [2.75, 3.05) is 113 Å². The maximum Gasteiger partial charge on any atom is 0.327 e. The number of hydrogen-bond donors (Lipinski definition) is 4. The van der Waals surface area contributed by atoms with Crippen LogP contribution in [0.3, 0.4) is 0 Å². The zero-order valence-electron chi connectivity index (χ0n) is 34.3. The second-order valence-corrected chi connectivity index (χ2v) is 15.6. The lowest BCUT2D eigenvalue weighted by molar-refractivity contribution is -0.131. The Bertz CT molecular complexity index is 1240. The molecular weight excluding hydrogens is 775 g/mol. The number of carbonyl (C=O) groups excluding carboxylic acids is 4. The van der Waals surface area contributed by atoms with E-state index >= 15 is 0 Å². The second kappa shape index (κ2) is 33.3. The number of nitrogens with one attached hydrogen (secondary N) is 4. The van der Waals surface area contributed by atoms with E-state index in [1.165, 1.54) is 13.8 Å². The van der Waals surface area contributed by atoms with Crippen molar-refractivity contribution in [3.8, 4) is 37.0 Å². The number of terminal acetylenes is 3. The minimum Gasteiger partial charge on any atom is -0.377 e. The van der Waals surface area contributed by atoms with Gasteiger partial charge in [-0.25, -0.2) is 0 Å². The summed E-state index contributed by atoms with van der Waals surface area (Å²) < 4.78 is 55.0. The summed E-state index contributed by atoms with van der Waals surface area (Å²) in [6.45, 7) is 5.37. The van der Waals surface area contributed by atoms with Crippen molar-refractivity contribution in [1.82, 2.24) is 21.3 Å². The lowest BCUT2D eigenvalue weighted by atomic mass is 9.81. The van der Waals surface area contributed by atoms with Gasteiger partial charge in [0.1, 0.15) is 19.8 Å². The Balaban J connectivity index is 3.03. The van der Waals surface area contributed by atoms with E-state index in [0.717, 1.165) is 0 Å². The Morgan fingerprint density at radius 3 is 1.31 bits per heavy atom. The molecule has 58 heavy (non-hydrogen) atoms. The van der Waals surface area contributed by atoms with Crippen molar-refractivity contribution in [2.24, 2.45) is 5.92 Å². The molecule has 0 saturated heterocycles. The van der Waals surface area contributed by atoms with Gasteiger partial charge in [0.05, 0.1) is 65.6 Å². The van der Waals surface area contributed by atoms with Gasteiger partial charge in [0.15, 0.2) is 0 Å². The van der Waals surface area contributed by atoms with Crippen LogP contribution in [-0.2, 0) is 61.2 Å². The van der Waals surface area contributed by atoms with Gasteiger partial charge in [0.2, 0.25) is 23.6 Å². The van der Waals surface area contributed by atoms with Crippen LogP contribution in [0.2, 0.25) is 0 Å². The van der Waals surface area contributed by atoms with E-state index in [2.05, 4.69) is 39.0 Å². The van der Waals surface area contributed by atoms with Crippen LogP contribution in [-0.4, -0.2) is 148 Å². The van der Waals surface area contributed by atoms with E-state index in [9.17, 15) is 23.7 Å². The highest BCUT2D eigenvalue weighted by molar-refractivity contribution is 7.52. The van der Waals surface area contributed by atoms with Crippen LogP contribution in [0.15, 0.2) is 0 Å². The van der Waals surface area contributed by atoms with Crippen molar-refractivity contribution in [3.05, 3.63) is 0 Å². The van der Waals surface area contributed by atoms with Crippen molar-refractivity contribution < 1.29 is 61.2 Å². The van der Waals surface area contributed by atoms with Gasteiger partial charge in [-0.05, 0) is 44.9 Å². The van der Waals surface area contributed by atoms with Crippen molar-refractivity contribution in [1.29, 1.82) is 0 Å². The predicted molar refractivity (Wildman–Crippen MR) is 216 cm³/mol. The molecule has 1 saturated carbocycles. The molecule has 0 spiro atoms. The van der Waals surface area contributed by atoms with Gasteiger partial charge in [-0.3, -0.25) is 23.7 Å². The Morgan fingerprint density at radius 2 is 0.966 bits per heavy atom. The quantitative estimate of drug-likeness (QED) is 0.0407. The molecule has 0 radical (unpaired) electrons. The van der Waals surface area contributed by atoms with Gasteiger partial charge >= 0.3 is 7.60 Å². The summed E-state index contributed by atoms with van der Waals surface area (Å²) in [4.78, 5) is 53.2. The Morgan fingerprint density at radius 1 is 0.603 bits per heavy atom. The fourth-order valence-corrected chi connectivity index (χ4v) is 6.67. The third-order valence-corrected chi connectivity index (χ3v) is 10.3. The topological polar surface area (TPSA) is 207 Å². The van der Waals surface area contributed by atoms with Crippen LogP contribution in [0.1, 0.15) is 64.2 Å². The molecule has 4 amide bonds. The highest BCUT2D eigenvalue weighted by Crippen LogP contribution is 2.46. The Labute approximate surface area is 344 Å². The summed E-state index contributed by atoms with van der Waals surface area (Å²) in [6, 6.07) is 0. The molecule has 1 rings (SSSR count). The number of hydrogen-bond acceptors (Lipinski definition) is 13. The third kappa shape index (κ3) is 27.2. The van der Waals surface area contributed by atoms with Crippen LogP contribution < -0.4 is 21.3 Å². The molecule has 4 N–H and O–H groups in total. The second-order valence-electron chi connectivity index (χ2n) is 13.5. The first-order valence-corrected chi connectivity index (χ1v) is 21.7. The zero-order valence-corrected chi connectivity index (χ0v) is 35.2. The SMILES string of the molecule is C#CCOCCOCCNC(=O)CCC(CCC(=O)NCCOCCOCC#C)(CCC(=O)NCCOCCOCC#C)NC(=O)[C@H]1CC[C@@H](OP(C)(=O)OC)CC1. The molecule has 328 valence electrons. The summed E-state index contributed by atoms with van der Waals surface area (Å²) in [5.41, 5.74) is -1.10. The van der Waals surface area contributed by atoms with Crippen LogP contribution in [0.5, 0.6) is 0 Å². The van der Waals surface area contributed by atoms with Crippen molar-refractivity contribution in [2.45, 2.75) is 75.9 Å². The summed E-state index contributed by atoms with van der Waals surface area (Å²) in [5.74, 6) is 5.60. The summed E-state index contributed by atoms with van der Waals surface area (Å²) >= 11 is 0. The minimum absolute atomic E-state index is 0.00333. The molecule has 1 fully saturated rings. The fourth-order valence-electron chi connectivity index (χ4n) is 5.83. The lowest BCUT2D eigenvalue weighted by Crippen LogP contribution is -2.52. The molecule has 1 atom stereocenters.